The third-order valence-corrected chi connectivity index (χ3v) is 4.19. The van der Waals surface area contributed by atoms with E-state index in [1.54, 1.807) is 0 Å². The molecule has 0 aromatic heterocycles. The Morgan fingerprint density at radius 3 is 2.76 bits per heavy atom. The topological polar surface area (TPSA) is 30.5 Å². The Hall–Kier alpha value is -1.46. The summed E-state index contributed by atoms with van der Waals surface area (Å²) < 4.78 is 24.5. The number of benzene rings is 2. The van der Waals surface area contributed by atoms with Crippen molar-refractivity contribution >= 4 is 33.2 Å². The lowest BCUT2D eigenvalue weighted by molar-refractivity contribution is 0.174. The smallest absolute Gasteiger partial charge is 0.231 e. The van der Waals surface area contributed by atoms with Crippen molar-refractivity contribution in [2.24, 2.45) is 0 Å². The van der Waals surface area contributed by atoms with E-state index in [2.05, 4.69) is 21.2 Å². The van der Waals surface area contributed by atoms with E-state index in [0.29, 0.717) is 15.2 Å². The van der Waals surface area contributed by atoms with Gasteiger partial charge in [0.05, 0.1) is 10.7 Å². The van der Waals surface area contributed by atoms with Gasteiger partial charge in [-0.05, 0) is 52.7 Å². The Morgan fingerprint density at radius 2 is 2.00 bits per heavy atom. The lowest BCUT2D eigenvalue weighted by atomic mass is 10.1. The van der Waals surface area contributed by atoms with Gasteiger partial charge in [-0.1, -0.05) is 17.7 Å². The van der Waals surface area contributed by atoms with Crippen LogP contribution in [0.25, 0.3) is 0 Å². The van der Waals surface area contributed by atoms with E-state index in [1.165, 1.54) is 12.1 Å². The SMILES string of the molecule is CC(Nc1c(Cl)cc(F)cc1Br)c1ccc2c(c1)OCO2. The second kappa shape index (κ2) is 5.73. The molecule has 1 unspecified atom stereocenters. The fourth-order valence-electron chi connectivity index (χ4n) is 2.16. The van der Waals surface area contributed by atoms with Crippen LogP contribution in [0, 0.1) is 5.82 Å². The third-order valence-electron chi connectivity index (χ3n) is 3.26. The van der Waals surface area contributed by atoms with Gasteiger partial charge in [0.2, 0.25) is 6.79 Å². The summed E-state index contributed by atoms with van der Waals surface area (Å²) in [7, 11) is 0. The van der Waals surface area contributed by atoms with Gasteiger partial charge in [0.15, 0.2) is 11.5 Å². The van der Waals surface area contributed by atoms with Crippen molar-refractivity contribution in [1.82, 2.24) is 0 Å². The molecule has 1 N–H and O–H groups in total. The highest BCUT2D eigenvalue weighted by Gasteiger charge is 2.17. The van der Waals surface area contributed by atoms with E-state index in [-0.39, 0.29) is 18.7 Å². The first kappa shape index (κ1) is 14.5. The molecular weight excluding hydrogens is 361 g/mol. The molecule has 0 saturated heterocycles. The number of anilines is 1. The molecule has 2 aromatic carbocycles. The van der Waals surface area contributed by atoms with Crippen LogP contribution >= 0.6 is 27.5 Å². The maximum atomic E-state index is 13.2. The van der Waals surface area contributed by atoms with E-state index >= 15 is 0 Å². The van der Waals surface area contributed by atoms with E-state index in [1.807, 2.05) is 25.1 Å². The summed E-state index contributed by atoms with van der Waals surface area (Å²) in [5.41, 5.74) is 1.68. The molecule has 110 valence electrons. The number of fused-ring (bicyclic) bond motifs is 1. The van der Waals surface area contributed by atoms with Crippen LogP contribution in [0.2, 0.25) is 5.02 Å². The highest BCUT2D eigenvalue weighted by atomic mass is 79.9. The Balaban J connectivity index is 1.85. The Kier molecular flexibility index (Phi) is 3.95. The molecule has 6 heteroatoms. The standard InChI is InChI=1S/C15H12BrClFNO2/c1-8(9-2-3-13-14(4-9)21-7-20-13)19-15-11(16)5-10(18)6-12(15)17/h2-6,8,19H,7H2,1H3. The largest absolute Gasteiger partial charge is 0.454 e. The summed E-state index contributed by atoms with van der Waals surface area (Å²) in [6.07, 6.45) is 0. The number of ether oxygens (including phenoxy) is 2. The minimum atomic E-state index is -0.381. The van der Waals surface area contributed by atoms with Crippen LogP contribution in [0.4, 0.5) is 10.1 Å². The lowest BCUT2D eigenvalue weighted by Crippen LogP contribution is -2.07. The van der Waals surface area contributed by atoms with Crippen LogP contribution in [0.15, 0.2) is 34.8 Å². The van der Waals surface area contributed by atoms with Crippen molar-refractivity contribution in [3.63, 3.8) is 0 Å². The molecule has 2 aromatic rings. The molecule has 0 saturated carbocycles. The van der Waals surface area contributed by atoms with Gasteiger partial charge in [-0.25, -0.2) is 4.39 Å². The lowest BCUT2D eigenvalue weighted by Gasteiger charge is -2.18. The first-order valence-electron chi connectivity index (χ1n) is 6.35. The monoisotopic (exact) mass is 371 g/mol. The fourth-order valence-corrected chi connectivity index (χ4v) is 3.08. The zero-order valence-corrected chi connectivity index (χ0v) is 13.5. The molecule has 0 radical (unpaired) electrons. The van der Waals surface area contributed by atoms with Crippen molar-refractivity contribution in [3.05, 3.63) is 51.2 Å². The van der Waals surface area contributed by atoms with Crippen LogP contribution in [0.1, 0.15) is 18.5 Å². The van der Waals surface area contributed by atoms with E-state index in [4.69, 9.17) is 21.1 Å². The van der Waals surface area contributed by atoms with Gasteiger partial charge in [0.1, 0.15) is 5.82 Å². The Morgan fingerprint density at radius 1 is 1.24 bits per heavy atom. The van der Waals surface area contributed by atoms with E-state index in [9.17, 15) is 4.39 Å². The predicted octanol–water partition coefficient (Wildman–Crippen LogP) is 5.14. The van der Waals surface area contributed by atoms with Crippen LogP contribution in [0.3, 0.4) is 0 Å². The van der Waals surface area contributed by atoms with E-state index < -0.39 is 0 Å². The van der Waals surface area contributed by atoms with Gasteiger partial charge >= 0.3 is 0 Å². The second-order valence-corrected chi connectivity index (χ2v) is 5.98. The summed E-state index contributed by atoms with van der Waals surface area (Å²) in [5.74, 6) is 1.09. The molecule has 3 nitrogen and oxygen atoms in total. The molecule has 1 heterocycles. The number of hydrogen-bond donors (Lipinski definition) is 1. The van der Waals surface area contributed by atoms with Crippen LogP contribution < -0.4 is 14.8 Å². The summed E-state index contributed by atoms with van der Waals surface area (Å²) in [5, 5.41) is 3.60. The van der Waals surface area contributed by atoms with Gasteiger partial charge in [0.25, 0.3) is 0 Å². The molecule has 1 aliphatic rings. The Bertz CT molecular complexity index is 672. The molecule has 1 aliphatic heterocycles. The van der Waals surface area contributed by atoms with Crippen LogP contribution in [0.5, 0.6) is 11.5 Å². The summed E-state index contributed by atoms with van der Waals surface area (Å²) >= 11 is 9.40. The minimum absolute atomic E-state index is 0.0289. The molecule has 21 heavy (non-hydrogen) atoms. The summed E-state index contributed by atoms with van der Waals surface area (Å²) in [4.78, 5) is 0. The molecule has 0 fully saturated rings. The maximum Gasteiger partial charge on any atom is 0.231 e. The van der Waals surface area contributed by atoms with Crippen LogP contribution in [-0.2, 0) is 0 Å². The molecule has 0 spiro atoms. The molecule has 0 bridgehead atoms. The summed E-state index contributed by atoms with van der Waals surface area (Å²) in [6.45, 7) is 2.24. The van der Waals surface area contributed by atoms with Gasteiger partial charge in [-0.15, -0.1) is 0 Å². The fraction of sp³-hybridized carbons (Fsp3) is 0.200. The second-order valence-electron chi connectivity index (χ2n) is 4.72. The third kappa shape index (κ3) is 2.94. The number of nitrogens with one attached hydrogen (secondary N) is 1. The minimum Gasteiger partial charge on any atom is -0.454 e. The van der Waals surface area contributed by atoms with Crippen LogP contribution in [-0.4, -0.2) is 6.79 Å². The average molecular weight is 373 g/mol. The van der Waals surface area contributed by atoms with Gasteiger partial charge in [0, 0.05) is 10.5 Å². The van der Waals surface area contributed by atoms with Crippen molar-refractivity contribution in [2.75, 3.05) is 12.1 Å². The predicted molar refractivity (Wildman–Crippen MR) is 83.7 cm³/mol. The summed E-state index contributed by atoms with van der Waals surface area (Å²) in [6, 6.07) is 8.37. The Labute approximate surface area is 135 Å². The highest BCUT2D eigenvalue weighted by molar-refractivity contribution is 9.10. The first-order valence-corrected chi connectivity index (χ1v) is 7.52. The van der Waals surface area contributed by atoms with Gasteiger partial charge < -0.3 is 14.8 Å². The molecular formula is C15H12BrClFNO2. The number of rotatable bonds is 3. The van der Waals surface area contributed by atoms with Crippen molar-refractivity contribution < 1.29 is 13.9 Å². The zero-order valence-electron chi connectivity index (χ0n) is 11.1. The number of halogens is 3. The highest BCUT2D eigenvalue weighted by Crippen LogP contribution is 2.37. The number of hydrogen-bond acceptors (Lipinski definition) is 3. The molecule has 0 amide bonds. The van der Waals surface area contributed by atoms with Gasteiger partial charge in [-0.3, -0.25) is 0 Å². The molecule has 0 aliphatic carbocycles. The quantitative estimate of drug-likeness (QED) is 0.809. The zero-order chi connectivity index (χ0) is 15.0. The first-order chi connectivity index (χ1) is 10.0. The maximum absolute atomic E-state index is 13.2. The van der Waals surface area contributed by atoms with Crippen molar-refractivity contribution in [1.29, 1.82) is 0 Å². The molecule has 1 atom stereocenters. The van der Waals surface area contributed by atoms with Gasteiger partial charge in [-0.2, -0.15) is 0 Å². The normalized spacial score (nSPS) is 14.1. The van der Waals surface area contributed by atoms with Crippen molar-refractivity contribution in [3.8, 4) is 11.5 Å². The average Bonchev–Trinajstić information content (AvgIpc) is 2.89. The van der Waals surface area contributed by atoms with Crippen molar-refractivity contribution in [2.45, 2.75) is 13.0 Å². The van der Waals surface area contributed by atoms with E-state index in [0.717, 1.165) is 17.1 Å². The molecule has 3 rings (SSSR count).